The number of carbonyl (C=O) groups is 2. The molecular formula is C41H53FN8O5Si. The largest absolute Gasteiger partial charge is 0.444 e. The summed E-state index contributed by atoms with van der Waals surface area (Å²) in [6.45, 7) is 22.7. The second kappa shape index (κ2) is 15.1. The molecule has 4 aromatic heterocycles. The van der Waals surface area contributed by atoms with E-state index in [0.29, 0.717) is 29.3 Å². The second-order valence-electron chi connectivity index (χ2n) is 17.9. The molecular weight excluding hydrogens is 732 g/mol. The van der Waals surface area contributed by atoms with E-state index in [9.17, 15) is 9.59 Å². The molecule has 298 valence electrons. The van der Waals surface area contributed by atoms with Crippen molar-refractivity contribution in [1.82, 2.24) is 39.9 Å². The van der Waals surface area contributed by atoms with E-state index in [1.807, 2.05) is 63.5 Å². The Morgan fingerprint density at radius 3 is 2.38 bits per heavy atom. The summed E-state index contributed by atoms with van der Waals surface area (Å²) in [5.74, 6) is -0.0588. The van der Waals surface area contributed by atoms with E-state index in [2.05, 4.69) is 35.1 Å². The molecule has 2 amide bonds. The standard InChI is InChI=1S/C41H53FN8O5Si/c1-25-18-27(12-14-29(25)26(2)46-35(51)36-47-37(48-55-36)39(3,4)5)33-30-19-32(50(34(30)45-23-44-33)24-53-16-17-56(9,10)11)31-15-13-28(20-43-31)41(42)21-49(22-41)38(52)54-40(6,7)8/h12-15,18-20,23,26H,16-17,21-22,24H2,1-11H3,(H,46,51)/t26-/m1/s1. The number of alkyl halides is 1. The zero-order valence-electron chi connectivity index (χ0n) is 34.3. The average Bonchev–Trinajstić information content (AvgIpc) is 3.74. The summed E-state index contributed by atoms with van der Waals surface area (Å²) in [4.78, 5) is 45.2. The van der Waals surface area contributed by atoms with Gasteiger partial charge >= 0.3 is 17.9 Å². The molecule has 1 saturated heterocycles. The van der Waals surface area contributed by atoms with Crippen LogP contribution in [0.1, 0.15) is 87.7 Å². The van der Waals surface area contributed by atoms with Gasteiger partial charge in [0.05, 0.1) is 36.2 Å². The number of aryl methyl sites for hydroxylation is 1. The average molecular weight is 785 g/mol. The van der Waals surface area contributed by atoms with Crippen molar-refractivity contribution in [3.8, 4) is 22.6 Å². The van der Waals surface area contributed by atoms with Crippen LogP contribution in [0.5, 0.6) is 0 Å². The summed E-state index contributed by atoms with van der Waals surface area (Å²) in [5, 5.41) is 7.75. The molecule has 0 unspecified atom stereocenters. The third-order valence-corrected chi connectivity index (χ3v) is 11.3. The van der Waals surface area contributed by atoms with E-state index in [1.165, 1.54) is 11.1 Å². The van der Waals surface area contributed by atoms with Gasteiger partial charge < -0.3 is 24.2 Å². The molecule has 0 radical (unpaired) electrons. The van der Waals surface area contributed by atoms with Gasteiger partial charge in [0.25, 0.3) is 0 Å². The van der Waals surface area contributed by atoms with Crippen LogP contribution in [0.2, 0.25) is 25.7 Å². The number of rotatable bonds is 11. The molecule has 5 heterocycles. The normalized spacial score (nSPS) is 15.1. The first-order valence-electron chi connectivity index (χ1n) is 18.9. The summed E-state index contributed by atoms with van der Waals surface area (Å²) >= 11 is 0. The fraction of sp³-hybridized carbons (Fsp3) is 0.488. The zero-order chi connectivity index (χ0) is 40.8. The Morgan fingerprint density at radius 2 is 1.77 bits per heavy atom. The van der Waals surface area contributed by atoms with Crippen LogP contribution in [-0.2, 0) is 27.3 Å². The smallest absolute Gasteiger partial charge is 0.410 e. The molecule has 0 saturated carbocycles. The lowest BCUT2D eigenvalue weighted by molar-refractivity contribution is -0.0539. The number of fused-ring (bicyclic) bond motifs is 1. The molecule has 5 aromatic rings. The number of hydrogen-bond acceptors (Lipinski definition) is 10. The van der Waals surface area contributed by atoms with E-state index in [0.717, 1.165) is 39.5 Å². The summed E-state index contributed by atoms with van der Waals surface area (Å²) < 4.78 is 34.8. The van der Waals surface area contributed by atoms with Crippen LogP contribution in [-0.4, -0.2) is 79.9 Å². The van der Waals surface area contributed by atoms with Crippen molar-refractivity contribution in [2.75, 3.05) is 19.7 Å². The van der Waals surface area contributed by atoms with E-state index < -0.39 is 31.3 Å². The number of likely N-dealkylation sites (tertiary alicyclic amines) is 1. The van der Waals surface area contributed by atoms with Crippen molar-refractivity contribution < 1.29 is 28.0 Å². The van der Waals surface area contributed by atoms with Crippen molar-refractivity contribution in [3.05, 3.63) is 77.3 Å². The van der Waals surface area contributed by atoms with Gasteiger partial charge in [0.2, 0.25) is 0 Å². The minimum Gasteiger partial charge on any atom is -0.444 e. The quantitative estimate of drug-likeness (QED) is 0.102. The Kier molecular flexibility index (Phi) is 11.0. The first-order chi connectivity index (χ1) is 26.1. The number of nitrogens with zero attached hydrogens (tertiary/aromatic N) is 7. The number of pyridine rings is 1. The fourth-order valence-corrected chi connectivity index (χ4v) is 7.20. The van der Waals surface area contributed by atoms with Crippen LogP contribution >= 0.6 is 0 Å². The molecule has 0 spiro atoms. The maximum absolute atomic E-state index is 15.9. The summed E-state index contributed by atoms with van der Waals surface area (Å²) in [7, 11) is -1.33. The molecule has 0 aliphatic carbocycles. The van der Waals surface area contributed by atoms with Gasteiger partial charge in [-0.2, -0.15) is 4.98 Å². The first-order valence-corrected chi connectivity index (χ1v) is 22.6. The predicted octanol–water partition coefficient (Wildman–Crippen LogP) is 8.37. The van der Waals surface area contributed by atoms with Crippen molar-refractivity contribution in [3.63, 3.8) is 0 Å². The Labute approximate surface area is 328 Å². The van der Waals surface area contributed by atoms with Gasteiger partial charge in [-0.25, -0.2) is 19.2 Å². The molecule has 56 heavy (non-hydrogen) atoms. The topological polar surface area (TPSA) is 150 Å². The number of benzene rings is 1. The summed E-state index contributed by atoms with van der Waals surface area (Å²) in [6.07, 6.45) is 2.54. The van der Waals surface area contributed by atoms with Crippen LogP contribution in [0.25, 0.3) is 33.7 Å². The molecule has 1 fully saturated rings. The van der Waals surface area contributed by atoms with Crippen LogP contribution in [0.4, 0.5) is 9.18 Å². The fourth-order valence-electron chi connectivity index (χ4n) is 6.44. The Morgan fingerprint density at radius 1 is 1.04 bits per heavy atom. The molecule has 1 aromatic carbocycles. The van der Waals surface area contributed by atoms with Gasteiger partial charge in [0.1, 0.15) is 24.3 Å². The molecule has 13 nitrogen and oxygen atoms in total. The molecule has 1 aliphatic heterocycles. The van der Waals surface area contributed by atoms with E-state index >= 15 is 4.39 Å². The van der Waals surface area contributed by atoms with E-state index in [4.69, 9.17) is 28.9 Å². The third kappa shape index (κ3) is 8.99. The molecule has 6 rings (SSSR count). The van der Waals surface area contributed by atoms with Crippen LogP contribution in [0.3, 0.4) is 0 Å². The third-order valence-electron chi connectivity index (χ3n) is 9.63. The first kappa shape index (κ1) is 40.6. The lowest BCUT2D eigenvalue weighted by atomic mass is 9.89. The molecule has 1 N–H and O–H groups in total. The zero-order valence-corrected chi connectivity index (χ0v) is 35.3. The number of aromatic nitrogens is 6. The Hall–Kier alpha value is -5.02. The van der Waals surface area contributed by atoms with Crippen LogP contribution < -0.4 is 5.32 Å². The number of nitrogens with one attached hydrogen (secondary N) is 1. The highest BCUT2D eigenvalue weighted by atomic mass is 28.3. The molecule has 0 bridgehead atoms. The SMILES string of the molecule is Cc1cc(-c2ncnc3c2cc(-c2ccc(C4(F)CN(C(=O)OC(C)(C)C)C4)cn2)n3COCC[Si](C)(C)C)ccc1[C@@H](C)NC(=O)c1nc(C(C)(C)C)no1. The number of halogens is 1. The van der Waals surface area contributed by atoms with Crippen molar-refractivity contribution >= 4 is 31.1 Å². The number of hydrogen-bond donors (Lipinski definition) is 1. The lowest BCUT2D eigenvalue weighted by Crippen LogP contribution is -2.59. The Bertz CT molecular complexity index is 2230. The summed E-state index contributed by atoms with van der Waals surface area (Å²) in [5.41, 5.74) is 3.17. The monoisotopic (exact) mass is 784 g/mol. The van der Waals surface area contributed by atoms with E-state index in [1.54, 1.807) is 39.2 Å². The van der Waals surface area contributed by atoms with Gasteiger partial charge in [-0.3, -0.25) is 14.3 Å². The minimum atomic E-state index is -1.72. The number of carbonyl (C=O) groups excluding carboxylic acids is 2. The minimum absolute atomic E-state index is 0.0783. The molecule has 1 aliphatic rings. The molecule has 1 atom stereocenters. The van der Waals surface area contributed by atoms with Gasteiger partial charge in [-0.15, -0.1) is 0 Å². The highest BCUT2D eigenvalue weighted by Crippen LogP contribution is 2.38. The highest BCUT2D eigenvalue weighted by Gasteiger charge is 2.48. The number of amides is 2. The number of ether oxygens (including phenoxy) is 2. The van der Waals surface area contributed by atoms with E-state index in [-0.39, 0.29) is 37.2 Å². The predicted molar refractivity (Wildman–Crippen MR) is 215 cm³/mol. The van der Waals surface area contributed by atoms with Gasteiger partial charge in [0, 0.05) is 42.8 Å². The van der Waals surface area contributed by atoms with Crippen LogP contribution in [0, 0.1) is 6.92 Å². The van der Waals surface area contributed by atoms with Gasteiger partial charge in [-0.05, 0) is 70.0 Å². The second-order valence-corrected chi connectivity index (χ2v) is 23.6. The van der Waals surface area contributed by atoms with Gasteiger partial charge in [-0.1, -0.05) is 63.8 Å². The van der Waals surface area contributed by atoms with Crippen molar-refractivity contribution in [2.45, 2.75) is 111 Å². The van der Waals surface area contributed by atoms with Crippen molar-refractivity contribution in [1.29, 1.82) is 0 Å². The van der Waals surface area contributed by atoms with Gasteiger partial charge in [0.15, 0.2) is 11.5 Å². The van der Waals surface area contributed by atoms with Crippen molar-refractivity contribution in [2.24, 2.45) is 0 Å². The lowest BCUT2D eigenvalue weighted by Gasteiger charge is -2.44. The van der Waals surface area contributed by atoms with Crippen LogP contribution in [0.15, 0.2) is 53.4 Å². The summed E-state index contributed by atoms with van der Waals surface area (Å²) in [6, 6.07) is 12.2. The maximum Gasteiger partial charge on any atom is 0.410 e. The maximum atomic E-state index is 15.9. The molecule has 15 heteroatoms. The Balaban J connectivity index is 1.27. The highest BCUT2D eigenvalue weighted by molar-refractivity contribution is 6.76.